The first kappa shape index (κ1) is 17.1. The molecule has 0 spiro atoms. The Morgan fingerprint density at radius 1 is 1.42 bits per heavy atom. The van der Waals surface area contributed by atoms with Crippen LogP contribution < -0.4 is 5.32 Å². The molecule has 9 heteroatoms. The lowest BCUT2D eigenvalue weighted by Gasteiger charge is -2.14. The van der Waals surface area contributed by atoms with E-state index in [0.717, 1.165) is 19.5 Å². The molecule has 2 N–H and O–H groups in total. The van der Waals surface area contributed by atoms with E-state index in [9.17, 15) is 13.9 Å². The molecule has 1 saturated heterocycles. The first-order valence-electron chi connectivity index (χ1n) is 7.78. The normalized spacial score (nSPS) is 19.6. The minimum Gasteiger partial charge on any atom is -0.374 e. The van der Waals surface area contributed by atoms with Crippen molar-refractivity contribution in [2.75, 3.05) is 18.4 Å². The number of rotatable bonds is 6. The van der Waals surface area contributed by atoms with Crippen LogP contribution in [0.2, 0.25) is 0 Å². The van der Waals surface area contributed by atoms with Gasteiger partial charge in [0.15, 0.2) is 10.9 Å². The van der Waals surface area contributed by atoms with Crippen molar-refractivity contribution in [1.29, 1.82) is 0 Å². The maximum atomic E-state index is 13.9. The minimum absolute atomic E-state index is 0.376. The zero-order valence-electron chi connectivity index (χ0n) is 13.2. The van der Waals surface area contributed by atoms with Crippen molar-refractivity contribution in [1.82, 2.24) is 19.9 Å². The Balaban J connectivity index is 1.54. The van der Waals surface area contributed by atoms with Gasteiger partial charge in [-0.05, 0) is 25.8 Å². The Hall–Kier alpha value is -1.71. The van der Waals surface area contributed by atoms with Crippen LogP contribution in [0.25, 0.3) is 0 Å². The number of aliphatic hydroxyl groups excluding tert-OH is 1. The summed E-state index contributed by atoms with van der Waals surface area (Å²) in [4.78, 5) is 14.5. The van der Waals surface area contributed by atoms with Gasteiger partial charge in [0.2, 0.25) is 5.95 Å². The van der Waals surface area contributed by atoms with Crippen LogP contribution in [0.4, 0.5) is 13.9 Å². The second-order valence-corrected chi connectivity index (χ2v) is 7.05. The summed E-state index contributed by atoms with van der Waals surface area (Å²) in [5.74, 6) is 0.0830. The summed E-state index contributed by atoms with van der Waals surface area (Å²) in [6, 6.07) is 0. The lowest BCUT2D eigenvalue weighted by molar-refractivity contribution is 0.224. The summed E-state index contributed by atoms with van der Waals surface area (Å²) in [6.45, 7) is 3.73. The Kier molecular flexibility index (Phi) is 5.32. The molecule has 2 atom stereocenters. The first-order chi connectivity index (χ1) is 11.5. The third-order valence-corrected chi connectivity index (χ3v) is 4.81. The van der Waals surface area contributed by atoms with E-state index in [2.05, 4.69) is 25.2 Å². The number of halogens is 2. The van der Waals surface area contributed by atoms with E-state index < -0.39 is 18.0 Å². The number of nitrogens with zero attached hydrogens (tertiary/aromatic N) is 4. The monoisotopic (exact) mass is 355 g/mol. The SMILES string of the molecule is CC(O)Nc1nc(F)c(CN2CC[C@@H](Cc3ncc(F)cn3)C2)s1. The molecule has 130 valence electrons. The highest BCUT2D eigenvalue weighted by Gasteiger charge is 2.25. The summed E-state index contributed by atoms with van der Waals surface area (Å²) in [7, 11) is 0. The van der Waals surface area contributed by atoms with Gasteiger partial charge in [-0.25, -0.2) is 14.4 Å². The van der Waals surface area contributed by atoms with E-state index in [0.29, 0.717) is 34.7 Å². The van der Waals surface area contributed by atoms with Gasteiger partial charge >= 0.3 is 0 Å². The number of thiazole rings is 1. The van der Waals surface area contributed by atoms with Gasteiger partial charge in [0.05, 0.1) is 17.3 Å². The predicted octanol–water partition coefficient (Wildman–Crippen LogP) is 2.03. The molecular weight excluding hydrogens is 336 g/mol. The first-order valence-corrected chi connectivity index (χ1v) is 8.60. The number of anilines is 1. The van der Waals surface area contributed by atoms with Crippen LogP contribution in [-0.2, 0) is 13.0 Å². The van der Waals surface area contributed by atoms with Crippen LogP contribution in [0.5, 0.6) is 0 Å². The largest absolute Gasteiger partial charge is 0.374 e. The zero-order chi connectivity index (χ0) is 17.1. The van der Waals surface area contributed by atoms with E-state index >= 15 is 0 Å². The molecule has 2 aromatic heterocycles. The van der Waals surface area contributed by atoms with Crippen molar-refractivity contribution in [3.8, 4) is 0 Å². The summed E-state index contributed by atoms with van der Waals surface area (Å²) in [5, 5.41) is 12.3. The van der Waals surface area contributed by atoms with Crippen LogP contribution in [-0.4, -0.2) is 44.3 Å². The molecule has 0 aliphatic carbocycles. The van der Waals surface area contributed by atoms with Crippen molar-refractivity contribution in [3.63, 3.8) is 0 Å². The zero-order valence-corrected chi connectivity index (χ0v) is 14.1. The Morgan fingerprint density at radius 3 is 2.88 bits per heavy atom. The van der Waals surface area contributed by atoms with Gasteiger partial charge in [-0.2, -0.15) is 9.37 Å². The molecule has 0 amide bonds. The van der Waals surface area contributed by atoms with Crippen LogP contribution in [0.1, 0.15) is 24.0 Å². The Labute approximate surface area is 142 Å². The maximum Gasteiger partial charge on any atom is 0.230 e. The number of aromatic nitrogens is 3. The van der Waals surface area contributed by atoms with Crippen molar-refractivity contribution >= 4 is 16.5 Å². The number of nitrogens with one attached hydrogen (secondary N) is 1. The molecule has 2 aromatic rings. The van der Waals surface area contributed by atoms with Gasteiger partial charge in [0.25, 0.3) is 0 Å². The molecule has 1 unspecified atom stereocenters. The summed E-state index contributed by atoms with van der Waals surface area (Å²) < 4.78 is 26.7. The lowest BCUT2D eigenvalue weighted by atomic mass is 10.0. The molecule has 6 nitrogen and oxygen atoms in total. The van der Waals surface area contributed by atoms with Gasteiger partial charge in [-0.15, -0.1) is 0 Å². The molecule has 1 aliphatic heterocycles. The van der Waals surface area contributed by atoms with Crippen molar-refractivity contribution in [2.24, 2.45) is 5.92 Å². The lowest BCUT2D eigenvalue weighted by Crippen LogP contribution is -2.21. The average Bonchev–Trinajstić information content (AvgIpc) is 3.08. The highest BCUT2D eigenvalue weighted by atomic mass is 32.1. The topological polar surface area (TPSA) is 74.2 Å². The molecule has 3 heterocycles. The van der Waals surface area contributed by atoms with Crippen LogP contribution >= 0.6 is 11.3 Å². The molecule has 1 aliphatic rings. The summed E-state index contributed by atoms with van der Waals surface area (Å²) in [6.07, 6.45) is 3.25. The highest BCUT2D eigenvalue weighted by Crippen LogP contribution is 2.27. The Morgan fingerprint density at radius 2 is 2.17 bits per heavy atom. The molecule has 0 bridgehead atoms. The average molecular weight is 355 g/mol. The maximum absolute atomic E-state index is 13.9. The number of hydrogen-bond acceptors (Lipinski definition) is 7. The van der Waals surface area contributed by atoms with E-state index in [1.807, 2.05) is 0 Å². The van der Waals surface area contributed by atoms with Crippen molar-refractivity contribution in [2.45, 2.75) is 32.5 Å². The third-order valence-electron chi connectivity index (χ3n) is 3.86. The fraction of sp³-hybridized carbons (Fsp3) is 0.533. The summed E-state index contributed by atoms with van der Waals surface area (Å²) in [5.41, 5.74) is 0. The van der Waals surface area contributed by atoms with Crippen molar-refractivity contribution < 1.29 is 13.9 Å². The number of hydrogen-bond donors (Lipinski definition) is 2. The second-order valence-electron chi connectivity index (χ2n) is 5.96. The molecular formula is C15H19F2N5OS. The molecule has 1 fully saturated rings. The smallest absolute Gasteiger partial charge is 0.230 e. The van der Waals surface area contributed by atoms with Gasteiger partial charge in [0, 0.05) is 19.5 Å². The van der Waals surface area contributed by atoms with Crippen molar-refractivity contribution in [3.05, 3.63) is 34.9 Å². The van der Waals surface area contributed by atoms with Crippen LogP contribution in [0, 0.1) is 17.7 Å². The van der Waals surface area contributed by atoms with Gasteiger partial charge in [-0.1, -0.05) is 11.3 Å². The van der Waals surface area contributed by atoms with E-state index in [4.69, 9.17) is 0 Å². The van der Waals surface area contributed by atoms with Gasteiger partial charge in [0.1, 0.15) is 12.1 Å². The quantitative estimate of drug-likeness (QED) is 0.773. The van der Waals surface area contributed by atoms with E-state index in [1.54, 1.807) is 6.92 Å². The molecule has 0 saturated carbocycles. The molecule has 3 rings (SSSR count). The van der Waals surface area contributed by atoms with Gasteiger partial charge in [-0.3, -0.25) is 4.90 Å². The minimum atomic E-state index is -0.768. The fourth-order valence-electron chi connectivity index (χ4n) is 2.80. The fourth-order valence-corrected chi connectivity index (χ4v) is 3.77. The summed E-state index contributed by atoms with van der Waals surface area (Å²) >= 11 is 1.22. The molecule has 0 aromatic carbocycles. The highest BCUT2D eigenvalue weighted by molar-refractivity contribution is 7.15. The van der Waals surface area contributed by atoms with E-state index in [1.165, 1.54) is 23.7 Å². The third kappa shape index (κ3) is 4.43. The van der Waals surface area contributed by atoms with Gasteiger partial charge < -0.3 is 10.4 Å². The molecule has 24 heavy (non-hydrogen) atoms. The standard InChI is InChI=1S/C15H19F2N5OS/c1-9(23)20-15-21-14(17)12(24-15)8-22-3-2-10(7-22)4-13-18-5-11(16)6-19-13/h5-6,9-10,23H,2-4,7-8H2,1H3,(H,20,21)/t9?,10-/m0/s1. The predicted molar refractivity (Wildman–Crippen MR) is 86.5 cm³/mol. The van der Waals surface area contributed by atoms with Crippen LogP contribution in [0.3, 0.4) is 0 Å². The second kappa shape index (κ2) is 7.45. The van der Waals surface area contributed by atoms with E-state index in [-0.39, 0.29) is 0 Å². The number of aliphatic hydroxyl groups is 1. The Bertz CT molecular complexity index is 679. The van der Waals surface area contributed by atoms with Crippen LogP contribution in [0.15, 0.2) is 12.4 Å². The molecule has 0 radical (unpaired) electrons. The number of likely N-dealkylation sites (tertiary alicyclic amines) is 1.